The van der Waals surface area contributed by atoms with E-state index in [2.05, 4.69) is 15.3 Å². The van der Waals surface area contributed by atoms with Gasteiger partial charge in [-0.15, -0.1) is 0 Å². The minimum Gasteiger partial charge on any atom is -0.488 e. The molecule has 2 heterocycles. The number of nitrogens with one attached hydrogen (secondary N) is 1. The van der Waals surface area contributed by atoms with Crippen molar-refractivity contribution in [3.63, 3.8) is 0 Å². The van der Waals surface area contributed by atoms with Gasteiger partial charge >= 0.3 is 0 Å². The first-order valence-electron chi connectivity index (χ1n) is 9.16. The lowest BCUT2D eigenvalue weighted by Gasteiger charge is -2.23. The van der Waals surface area contributed by atoms with E-state index in [0.29, 0.717) is 31.9 Å². The second-order valence-electron chi connectivity index (χ2n) is 6.59. The number of carbonyl (C=O) groups is 2. The number of aromatic nitrogens is 2. The van der Waals surface area contributed by atoms with Gasteiger partial charge in [0.15, 0.2) is 0 Å². The fourth-order valence-electron chi connectivity index (χ4n) is 3.09. The smallest absolute Gasteiger partial charge is 0.274 e. The molecular weight excluding hydrogens is 360 g/mol. The molecule has 1 saturated heterocycles. The number of aryl methyl sites for hydroxylation is 1. The van der Waals surface area contributed by atoms with Gasteiger partial charge < -0.3 is 19.7 Å². The molecule has 1 fully saturated rings. The van der Waals surface area contributed by atoms with Gasteiger partial charge in [0, 0.05) is 26.3 Å². The summed E-state index contributed by atoms with van der Waals surface area (Å²) in [6, 6.07) is 8.72. The van der Waals surface area contributed by atoms with Gasteiger partial charge in [-0.3, -0.25) is 14.6 Å². The van der Waals surface area contributed by atoms with Gasteiger partial charge in [0.25, 0.3) is 5.91 Å². The second kappa shape index (κ2) is 9.27. The van der Waals surface area contributed by atoms with E-state index in [4.69, 9.17) is 9.47 Å². The summed E-state index contributed by atoms with van der Waals surface area (Å²) in [5.41, 5.74) is 0.928. The van der Waals surface area contributed by atoms with Crippen molar-refractivity contribution in [1.82, 2.24) is 20.2 Å². The number of likely N-dealkylation sites (tertiary alicyclic amines) is 1. The molecule has 1 aliphatic heterocycles. The Hall–Kier alpha value is -3.00. The molecular formula is C20H24N4O4. The van der Waals surface area contributed by atoms with Gasteiger partial charge in [-0.05, 0) is 19.1 Å². The highest BCUT2D eigenvalue weighted by Crippen LogP contribution is 2.24. The number of ether oxygens (including phenoxy) is 2. The van der Waals surface area contributed by atoms with Crippen LogP contribution in [0.4, 0.5) is 0 Å². The third kappa shape index (κ3) is 4.83. The predicted molar refractivity (Wildman–Crippen MR) is 102 cm³/mol. The summed E-state index contributed by atoms with van der Waals surface area (Å²) in [6.07, 6.45) is 3.08. The number of rotatable bonds is 7. The van der Waals surface area contributed by atoms with Crippen LogP contribution >= 0.6 is 0 Å². The fourth-order valence-corrected chi connectivity index (χ4v) is 3.09. The Morgan fingerprint density at radius 2 is 2.00 bits per heavy atom. The minimum absolute atomic E-state index is 0.209. The zero-order valence-corrected chi connectivity index (χ0v) is 16.0. The van der Waals surface area contributed by atoms with Crippen molar-refractivity contribution in [2.75, 3.05) is 26.8 Å². The van der Waals surface area contributed by atoms with E-state index in [-0.39, 0.29) is 23.6 Å². The summed E-state index contributed by atoms with van der Waals surface area (Å²) < 4.78 is 11.0. The third-order valence-electron chi connectivity index (χ3n) is 4.48. The lowest BCUT2D eigenvalue weighted by Crippen LogP contribution is -2.46. The molecule has 0 aliphatic carbocycles. The molecule has 148 valence electrons. The molecule has 1 aromatic carbocycles. The number of benzene rings is 1. The van der Waals surface area contributed by atoms with Crippen molar-refractivity contribution in [3.8, 4) is 5.75 Å². The van der Waals surface area contributed by atoms with Crippen molar-refractivity contribution >= 4 is 11.8 Å². The molecule has 2 amide bonds. The predicted octanol–water partition coefficient (Wildman–Crippen LogP) is 1.21. The Morgan fingerprint density at radius 1 is 1.21 bits per heavy atom. The van der Waals surface area contributed by atoms with Crippen molar-refractivity contribution < 1.29 is 19.1 Å². The van der Waals surface area contributed by atoms with Gasteiger partial charge in [-0.2, -0.15) is 0 Å². The average molecular weight is 384 g/mol. The number of para-hydroxylation sites is 1. The lowest BCUT2D eigenvalue weighted by atomic mass is 10.1. The lowest BCUT2D eigenvalue weighted by molar-refractivity contribution is -0.125. The summed E-state index contributed by atoms with van der Waals surface area (Å²) in [6.45, 7) is 2.88. The Labute approximate surface area is 163 Å². The van der Waals surface area contributed by atoms with Crippen LogP contribution in [0.15, 0.2) is 42.7 Å². The van der Waals surface area contributed by atoms with Crippen LogP contribution in [0, 0.1) is 6.92 Å². The highest BCUT2D eigenvalue weighted by molar-refractivity contribution is 5.96. The molecule has 3 rings (SSSR count). The standard InChI is InChI=1S/C20H24N4O4/c1-14-11-23-17(12-22-14)20(26)24-13-16(28-15-6-4-3-5-7-15)10-18(24)19(25)21-8-9-27-2/h3-7,11-12,16,18H,8-10,13H2,1-2H3,(H,21,25)/t16-,18-/m0/s1. The molecule has 0 radical (unpaired) electrons. The molecule has 8 nitrogen and oxygen atoms in total. The van der Waals surface area contributed by atoms with E-state index in [1.165, 1.54) is 17.3 Å². The molecule has 1 aromatic heterocycles. The van der Waals surface area contributed by atoms with Crippen LogP contribution in [0.1, 0.15) is 22.6 Å². The Kier molecular flexibility index (Phi) is 6.54. The number of hydrogen-bond donors (Lipinski definition) is 1. The number of carbonyl (C=O) groups excluding carboxylic acids is 2. The molecule has 1 aliphatic rings. The zero-order chi connectivity index (χ0) is 19.9. The van der Waals surface area contributed by atoms with Crippen LogP contribution in [0.5, 0.6) is 5.75 Å². The summed E-state index contributed by atoms with van der Waals surface area (Å²) in [4.78, 5) is 35.4. The first kappa shape index (κ1) is 19.8. The van der Waals surface area contributed by atoms with E-state index in [1.54, 1.807) is 14.0 Å². The average Bonchev–Trinajstić information content (AvgIpc) is 3.13. The molecule has 0 spiro atoms. The van der Waals surface area contributed by atoms with Crippen LogP contribution in [-0.2, 0) is 9.53 Å². The Bertz CT molecular complexity index is 798. The maximum absolute atomic E-state index is 13.0. The summed E-state index contributed by atoms with van der Waals surface area (Å²) >= 11 is 0. The molecule has 2 atom stereocenters. The maximum atomic E-state index is 13.0. The van der Waals surface area contributed by atoms with Crippen molar-refractivity contribution in [2.45, 2.75) is 25.5 Å². The van der Waals surface area contributed by atoms with Crippen LogP contribution in [0.3, 0.4) is 0 Å². The largest absolute Gasteiger partial charge is 0.488 e. The van der Waals surface area contributed by atoms with Crippen LogP contribution in [-0.4, -0.2) is 65.6 Å². The fraction of sp³-hybridized carbons (Fsp3) is 0.400. The number of methoxy groups -OCH3 is 1. The van der Waals surface area contributed by atoms with Crippen LogP contribution in [0.25, 0.3) is 0 Å². The third-order valence-corrected chi connectivity index (χ3v) is 4.48. The normalized spacial score (nSPS) is 18.7. The van der Waals surface area contributed by atoms with Crippen LogP contribution in [0.2, 0.25) is 0 Å². The summed E-state index contributed by atoms with van der Waals surface area (Å²) in [7, 11) is 1.57. The first-order chi connectivity index (χ1) is 13.6. The summed E-state index contributed by atoms with van der Waals surface area (Å²) in [5, 5.41) is 2.81. The first-order valence-corrected chi connectivity index (χ1v) is 9.16. The molecule has 1 N–H and O–H groups in total. The van der Waals surface area contributed by atoms with E-state index < -0.39 is 6.04 Å². The van der Waals surface area contributed by atoms with Gasteiger partial charge in [0.1, 0.15) is 23.6 Å². The van der Waals surface area contributed by atoms with E-state index in [1.807, 2.05) is 30.3 Å². The topological polar surface area (TPSA) is 93.7 Å². The second-order valence-corrected chi connectivity index (χ2v) is 6.59. The zero-order valence-electron chi connectivity index (χ0n) is 16.0. The number of nitrogens with zero attached hydrogens (tertiary/aromatic N) is 3. The molecule has 0 bridgehead atoms. The Balaban J connectivity index is 1.75. The highest BCUT2D eigenvalue weighted by Gasteiger charge is 2.41. The van der Waals surface area contributed by atoms with Crippen molar-refractivity contribution in [3.05, 3.63) is 54.1 Å². The van der Waals surface area contributed by atoms with Gasteiger partial charge in [0.05, 0.1) is 25.0 Å². The molecule has 0 saturated carbocycles. The monoisotopic (exact) mass is 384 g/mol. The van der Waals surface area contributed by atoms with Crippen molar-refractivity contribution in [1.29, 1.82) is 0 Å². The van der Waals surface area contributed by atoms with E-state index >= 15 is 0 Å². The molecule has 0 unspecified atom stereocenters. The summed E-state index contributed by atoms with van der Waals surface area (Å²) in [5.74, 6) is 0.138. The maximum Gasteiger partial charge on any atom is 0.274 e. The van der Waals surface area contributed by atoms with Crippen molar-refractivity contribution in [2.24, 2.45) is 0 Å². The van der Waals surface area contributed by atoms with E-state index in [0.717, 1.165) is 5.69 Å². The quantitative estimate of drug-likeness (QED) is 0.721. The molecule has 28 heavy (non-hydrogen) atoms. The minimum atomic E-state index is -0.638. The SMILES string of the molecule is COCCNC(=O)[C@@H]1C[C@H](Oc2ccccc2)CN1C(=O)c1cnc(C)cn1. The highest BCUT2D eigenvalue weighted by atomic mass is 16.5. The number of hydrogen-bond acceptors (Lipinski definition) is 6. The molecule has 2 aromatic rings. The Morgan fingerprint density at radius 3 is 2.68 bits per heavy atom. The van der Waals surface area contributed by atoms with Gasteiger partial charge in [-0.25, -0.2) is 4.98 Å². The van der Waals surface area contributed by atoms with E-state index in [9.17, 15) is 9.59 Å². The molecule has 8 heteroatoms. The van der Waals surface area contributed by atoms with Gasteiger partial charge in [0.2, 0.25) is 5.91 Å². The van der Waals surface area contributed by atoms with Gasteiger partial charge in [-0.1, -0.05) is 18.2 Å². The number of amides is 2. The van der Waals surface area contributed by atoms with Crippen LogP contribution < -0.4 is 10.1 Å².